The zero-order valence-electron chi connectivity index (χ0n) is 13.8. The van der Waals surface area contributed by atoms with Gasteiger partial charge >= 0.3 is 0 Å². The van der Waals surface area contributed by atoms with E-state index in [9.17, 15) is 0 Å². The van der Waals surface area contributed by atoms with Gasteiger partial charge in [-0.15, -0.1) is 24.8 Å². The van der Waals surface area contributed by atoms with Crippen LogP contribution in [0.5, 0.6) is 0 Å². The van der Waals surface area contributed by atoms with Crippen LogP contribution in [0.1, 0.15) is 34.1 Å². The van der Waals surface area contributed by atoms with Gasteiger partial charge in [0.2, 0.25) is 0 Å². The Balaban J connectivity index is 0.000000911. The van der Waals surface area contributed by atoms with Crippen molar-refractivity contribution in [3.05, 3.63) is 107 Å². The summed E-state index contributed by atoms with van der Waals surface area (Å²) in [6.07, 6.45) is 19.0. The van der Waals surface area contributed by atoms with Gasteiger partial charge in [0, 0.05) is 11.8 Å². The second kappa shape index (κ2) is 7.07. The molecule has 0 saturated heterocycles. The van der Waals surface area contributed by atoms with E-state index in [1.807, 2.05) is 0 Å². The van der Waals surface area contributed by atoms with Crippen molar-refractivity contribution in [2.24, 2.45) is 0 Å². The van der Waals surface area contributed by atoms with Crippen molar-refractivity contribution in [1.29, 1.82) is 0 Å². The van der Waals surface area contributed by atoms with Crippen molar-refractivity contribution in [2.75, 3.05) is 0 Å². The van der Waals surface area contributed by atoms with Crippen molar-refractivity contribution in [2.45, 2.75) is 18.3 Å². The van der Waals surface area contributed by atoms with Gasteiger partial charge in [-0.25, -0.2) is 0 Å². The Bertz CT molecular complexity index is 892. The normalized spacial score (nSPS) is 16.6. The van der Waals surface area contributed by atoms with E-state index in [0.717, 1.165) is 6.42 Å². The van der Waals surface area contributed by atoms with E-state index < -0.39 is 0 Å². The Morgan fingerprint density at radius 2 is 1.28 bits per heavy atom. The Kier molecular flexibility index (Phi) is 5.03. The summed E-state index contributed by atoms with van der Waals surface area (Å²) in [5.41, 5.74) is 8.81. The smallest absolute Gasteiger partial charge is 0.0211 e. The first-order valence-corrected chi connectivity index (χ1v) is 8.36. The fraction of sp³-hybridized carbons (Fsp3) is 0.130. The maximum atomic E-state index is 2.35. The van der Waals surface area contributed by atoms with Crippen LogP contribution in [-0.2, 0) is 6.42 Å². The van der Waals surface area contributed by atoms with Gasteiger partial charge in [0.05, 0.1) is 0 Å². The number of rotatable bonds is 2. The molecule has 126 valence electrons. The van der Waals surface area contributed by atoms with Crippen LogP contribution in [0.25, 0.3) is 11.1 Å². The van der Waals surface area contributed by atoms with E-state index in [-0.39, 0.29) is 24.8 Å². The van der Waals surface area contributed by atoms with Crippen LogP contribution in [0.3, 0.4) is 0 Å². The molecule has 0 radical (unpaired) electrons. The molecule has 0 N–H and O–H groups in total. The maximum absolute atomic E-state index is 2.35. The standard InChI is InChI=1S/C23H18.2ClH/c1-2-8-16(7-1)20-13-14-21-19-12-6-5-11-18(19)15-22(21)23(20)17-9-3-4-10-17;;/h1-14,16-17H,15H2;2*1H. The summed E-state index contributed by atoms with van der Waals surface area (Å²) in [6.45, 7) is 0. The fourth-order valence-corrected chi connectivity index (χ4v) is 4.20. The molecule has 0 heterocycles. The van der Waals surface area contributed by atoms with Crippen molar-refractivity contribution < 1.29 is 0 Å². The summed E-state index contributed by atoms with van der Waals surface area (Å²) in [7, 11) is 0. The van der Waals surface area contributed by atoms with Gasteiger partial charge in [0.25, 0.3) is 0 Å². The molecular formula is C23H20Cl2. The van der Waals surface area contributed by atoms with Gasteiger partial charge < -0.3 is 0 Å². The lowest BCUT2D eigenvalue weighted by Gasteiger charge is -2.21. The van der Waals surface area contributed by atoms with Crippen LogP contribution < -0.4 is 0 Å². The van der Waals surface area contributed by atoms with E-state index in [4.69, 9.17) is 0 Å². The first kappa shape index (κ1) is 17.8. The molecule has 0 aliphatic heterocycles. The van der Waals surface area contributed by atoms with E-state index in [2.05, 4.69) is 85.0 Å². The largest absolute Gasteiger partial charge is 0.147 e. The predicted octanol–water partition coefficient (Wildman–Crippen LogP) is 6.52. The monoisotopic (exact) mass is 366 g/mol. The maximum Gasteiger partial charge on any atom is 0.0211 e. The minimum Gasteiger partial charge on any atom is -0.147 e. The van der Waals surface area contributed by atoms with Crippen molar-refractivity contribution >= 4 is 24.8 Å². The third kappa shape index (κ3) is 2.80. The highest BCUT2D eigenvalue weighted by molar-refractivity contribution is 5.85. The quantitative estimate of drug-likeness (QED) is 0.484. The lowest BCUT2D eigenvalue weighted by molar-refractivity contribution is 0.973. The van der Waals surface area contributed by atoms with Gasteiger partial charge in [0.15, 0.2) is 0 Å². The first-order valence-electron chi connectivity index (χ1n) is 8.36. The summed E-state index contributed by atoms with van der Waals surface area (Å²) < 4.78 is 0. The number of halogens is 2. The fourth-order valence-electron chi connectivity index (χ4n) is 4.20. The summed E-state index contributed by atoms with van der Waals surface area (Å²) in [6, 6.07) is 13.5. The minimum absolute atomic E-state index is 0. The first-order chi connectivity index (χ1) is 11.4. The molecular weight excluding hydrogens is 347 g/mol. The molecule has 0 spiro atoms. The SMILES string of the molecule is C1=CC(c2ccc3c(c2C2C=CC=C2)Cc2ccccc2-3)C=C1.Cl.Cl. The topological polar surface area (TPSA) is 0 Å². The average molecular weight is 367 g/mol. The second-order valence-corrected chi connectivity index (χ2v) is 6.52. The van der Waals surface area contributed by atoms with Gasteiger partial charge in [-0.2, -0.15) is 0 Å². The Hall–Kier alpha value is -2.02. The molecule has 0 amide bonds. The van der Waals surface area contributed by atoms with Crippen LogP contribution in [0.15, 0.2) is 85.0 Å². The second-order valence-electron chi connectivity index (χ2n) is 6.52. The Morgan fingerprint density at radius 3 is 2.00 bits per heavy atom. The average Bonchev–Trinajstić information content (AvgIpc) is 3.33. The molecule has 5 rings (SSSR count). The van der Waals surface area contributed by atoms with Crippen molar-refractivity contribution in [3.63, 3.8) is 0 Å². The van der Waals surface area contributed by atoms with Gasteiger partial charge in [-0.3, -0.25) is 0 Å². The molecule has 2 aromatic carbocycles. The van der Waals surface area contributed by atoms with Gasteiger partial charge in [-0.1, -0.05) is 85.0 Å². The van der Waals surface area contributed by atoms with Crippen LogP contribution in [0.2, 0.25) is 0 Å². The highest BCUT2D eigenvalue weighted by Crippen LogP contribution is 2.45. The molecule has 0 bridgehead atoms. The summed E-state index contributed by atoms with van der Waals surface area (Å²) in [5, 5.41) is 0. The van der Waals surface area contributed by atoms with Crippen molar-refractivity contribution in [3.8, 4) is 11.1 Å². The molecule has 25 heavy (non-hydrogen) atoms. The van der Waals surface area contributed by atoms with Crippen LogP contribution in [0.4, 0.5) is 0 Å². The number of hydrogen-bond acceptors (Lipinski definition) is 0. The van der Waals surface area contributed by atoms with Gasteiger partial charge in [0.1, 0.15) is 0 Å². The molecule has 2 heteroatoms. The summed E-state index contributed by atoms with van der Waals surface area (Å²) >= 11 is 0. The summed E-state index contributed by atoms with van der Waals surface area (Å²) in [4.78, 5) is 0. The minimum atomic E-state index is 0. The van der Waals surface area contributed by atoms with E-state index in [0.29, 0.717) is 11.8 Å². The molecule has 0 fully saturated rings. The highest BCUT2D eigenvalue weighted by Gasteiger charge is 2.27. The summed E-state index contributed by atoms with van der Waals surface area (Å²) in [5.74, 6) is 0.832. The predicted molar refractivity (Wildman–Crippen MR) is 111 cm³/mol. The lowest BCUT2D eigenvalue weighted by atomic mass is 9.83. The number of fused-ring (bicyclic) bond motifs is 3. The molecule has 2 aromatic rings. The number of hydrogen-bond donors (Lipinski definition) is 0. The lowest BCUT2D eigenvalue weighted by Crippen LogP contribution is -2.05. The molecule has 0 aromatic heterocycles. The van der Waals surface area contributed by atoms with Crippen LogP contribution in [-0.4, -0.2) is 0 Å². The van der Waals surface area contributed by atoms with Crippen LogP contribution in [0, 0.1) is 0 Å². The molecule has 0 nitrogen and oxygen atoms in total. The Morgan fingerprint density at radius 1 is 0.640 bits per heavy atom. The molecule has 0 atom stereocenters. The van der Waals surface area contributed by atoms with Crippen molar-refractivity contribution in [1.82, 2.24) is 0 Å². The number of benzene rings is 2. The van der Waals surface area contributed by atoms with E-state index in [1.165, 1.54) is 33.4 Å². The highest BCUT2D eigenvalue weighted by atomic mass is 35.5. The number of allylic oxidation sites excluding steroid dienone is 8. The molecule has 3 aliphatic carbocycles. The molecule has 0 unspecified atom stereocenters. The third-order valence-electron chi connectivity index (χ3n) is 5.25. The van der Waals surface area contributed by atoms with Crippen LogP contribution >= 0.6 is 24.8 Å². The molecule has 0 saturated carbocycles. The van der Waals surface area contributed by atoms with E-state index >= 15 is 0 Å². The zero-order chi connectivity index (χ0) is 15.2. The third-order valence-corrected chi connectivity index (χ3v) is 5.25. The molecule has 3 aliphatic rings. The van der Waals surface area contributed by atoms with E-state index in [1.54, 1.807) is 0 Å². The van der Waals surface area contributed by atoms with Gasteiger partial charge in [-0.05, 0) is 39.8 Å². The zero-order valence-corrected chi connectivity index (χ0v) is 15.4. The Labute approximate surface area is 161 Å².